The fraction of sp³-hybridized carbons (Fsp3) is 0.650. The molecule has 7 rings (SSSR count). The molecule has 0 aliphatic carbocycles. The van der Waals surface area contributed by atoms with Gasteiger partial charge in [0.2, 0.25) is 11.8 Å². The molecule has 1 aromatic carbocycles. The van der Waals surface area contributed by atoms with Crippen LogP contribution in [0.2, 0.25) is 0 Å². The zero-order chi connectivity index (χ0) is 36.6. The standard InChI is InChI=1S/C40H56N6O5S/c1-25(2)36(34-20-35(43-51-34)50-22-28-13-17-44(18-14-28)23-40(5)15-12-31-7-6-16-46(31)40)39(49)45-21-32(47)19-33(45)38(48)42-26(3)29-8-10-30(11-9-29)37-27(4)41-24-52-37/h8-11,20,24-26,28,31-33,36,47H,6-7,12-19,21-23H2,1-5H3,(H,42,48)/t26-,31?,32+,33-,36+,40?/m0/s1. The van der Waals surface area contributed by atoms with Gasteiger partial charge in [0.15, 0.2) is 5.76 Å². The van der Waals surface area contributed by atoms with Crippen molar-refractivity contribution in [3.63, 3.8) is 0 Å². The number of hydrogen-bond acceptors (Lipinski definition) is 10. The maximum Gasteiger partial charge on any atom is 0.254 e. The lowest BCUT2D eigenvalue weighted by Crippen LogP contribution is -2.52. The lowest BCUT2D eigenvalue weighted by molar-refractivity contribution is -0.141. The summed E-state index contributed by atoms with van der Waals surface area (Å²) in [4.78, 5) is 40.2. The molecule has 4 saturated heterocycles. The summed E-state index contributed by atoms with van der Waals surface area (Å²) in [6.07, 6.45) is 6.95. The summed E-state index contributed by atoms with van der Waals surface area (Å²) in [6, 6.07) is 9.56. The monoisotopic (exact) mass is 732 g/mol. The summed E-state index contributed by atoms with van der Waals surface area (Å²) in [7, 11) is 0. The number of piperidine rings is 1. The van der Waals surface area contributed by atoms with Crippen molar-refractivity contribution in [1.29, 1.82) is 0 Å². The molecule has 0 saturated carbocycles. The number of nitrogens with zero attached hydrogens (tertiary/aromatic N) is 5. The lowest BCUT2D eigenvalue weighted by atomic mass is 9.91. The van der Waals surface area contributed by atoms with Gasteiger partial charge in [0.25, 0.3) is 5.88 Å². The smallest absolute Gasteiger partial charge is 0.254 e. The Hall–Kier alpha value is -3.32. The highest BCUT2D eigenvalue weighted by Gasteiger charge is 2.46. The molecule has 6 atom stereocenters. The minimum Gasteiger partial charge on any atom is -0.475 e. The van der Waals surface area contributed by atoms with E-state index in [1.165, 1.54) is 37.1 Å². The van der Waals surface area contributed by atoms with Gasteiger partial charge >= 0.3 is 0 Å². The molecular formula is C40H56N6O5S. The van der Waals surface area contributed by atoms with E-state index in [1.54, 1.807) is 17.4 Å². The Morgan fingerprint density at radius 1 is 1.12 bits per heavy atom. The number of amides is 2. The number of nitrogens with one attached hydrogen (secondary N) is 1. The van der Waals surface area contributed by atoms with Crippen LogP contribution in [0.4, 0.5) is 0 Å². The lowest BCUT2D eigenvalue weighted by Gasteiger charge is -2.41. The third-order valence-corrected chi connectivity index (χ3v) is 13.2. The van der Waals surface area contributed by atoms with Gasteiger partial charge in [-0.25, -0.2) is 4.98 Å². The third kappa shape index (κ3) is 7.81. The van der Waals surface area contributed by atoms with E-state index in [9.17, 15) is 14.7 Å². The van der Waals surface area contributed by atoms with Crippen LogP contribution in [0.1, 0.15) is 102 Å². The van der Waals surface area contributed by atoms with Crippen LogP contribution in [-0.2, 0) is 9.59 Å². The molecule has 52 heavy (non-hydrogen) atoms. The van der Waals surface area contributed by atoms with Crippen molar-refractivity contribution in [2.24, 2.45) is 11.8 Å². The number of likely N-dealkylation sites (tertiary alicyclic amines) is 2. The SMILES string of the molecule is Cc1ncsc1-c1ccc([C@H](C)NC(=O)[C@@H]2C[C@@H](O)CN2C(=O)[C@@H](c2cc(OCC3CCN(CC4(C)CCC5CCCN54)CC3)no2)C(C)C)cc1. The summed E-state index contributed by atoms with van der Waals surface area (Å²) < 4.78 is 11.9. The van der Waals surface area contributed by atoms with Crippen LogP contribution in [-0.4, -0.2) is 105 Å². The Morgan fingerprint density at radius 3 is 2.60 bits per heavy atom. The molecule has 2 unspecified atom stereocenters. The first-order valence-corrected chi connectivity index (χ1v) is 20.2. The van der Waals surface area contributed by atoms with Crippen molar-refractivity contribution in [1.82, 2.24) is 30.2 Å². The minimum absolute atomic E-state index is 0.0887. The molecule has 6 heterocycles. The zero-order valence-corrected chi connectivity index (χ0v) is 32.2. The van der Waals surface area contributed by atoms with Crippen LogP contribution in [0, 0.1) is 18.8 Å². The van der Waals surface area contributed by atoms with Crippen LogP contribution in [0.5, 0.6) is 5.88 Å². The molecular weight excluding hydrogens is 677 g/mol. The Bertz CT molecular complexity index is 1680. The fourth-order valence-electron chi connectivity index (χ4n) is 9.24. The van der Waals surface area contributed by atoms with Crippen LogP contribution >= 0.6 is 11.3 Å². The molecule has 3 aromatic rings. The number of carbonyl (C=O) groups excluding carboxylic acids is 2. The number of ether oxygens (including phenoxy) is 1. The van der Waals surface area contributed by atoms with Gasteiger partial charge in [-0.1, -0.05) is 38.1 Å². The molecule has 4 fully saturated rings. The molecule has 0 radical (unpaired) electrons. The van der Waals surface area contributed by atoms with Gasteiger partial charge in [-0.05, 0) is 107 Å². The molecule has 4 aliphatic heterocycles. The highest BCUT2D eigenvalue weighted by molar-refractivity contribution is 7.13. The molecule has 2 amide bonds. The second-order valence-corrected chi connectivity index (χ2v) is 17.2. The topological polar surface area (TPSA) is 124 Å². The summed E-state index contributed by atoms with van der Waals surface area (Å²) in [5, 5.41) is 17.9. The first kappa shape index (κ1) is 37.0. The molecule has 2 aromatic heterocycles. The van der Waals surface area contributed by atoms with Gasteiger partial charge in [0.05, 0.1) is 34.8 Å². The van der Waals surface area contributed by atoms with Crippen molar-refractivity contribution in [3.05, 3.63) is 52.9 Å². The Balaban J connectivity index is 0.922. The quantitative estimate of drug-likeness (QED) is 0.238. The average Bonchev–Trinajstić information content (AvgIpc) is 3.97. The first-order valence-electron chi connectivity index (χ1n) is 19.4. The van der Waals surface area contributed by atoms with Crippen molar-refractivity contribution >= 4 is 23.2 Å². The second-order valence-electron chi connectivity index (χ2n) is 16.4. The van der Waals surface area contributed by atoms with Crippen molar-refractivity contribution in [2.45, 2.75) is 115 Å². The zero-order valence-electron chi connectivity index (χ0n) is 31.4. The van der Waals surface area contributed by atoms with Gasteiger partial charge in [-0.2, -0.15) is 0 Å². The molecule has 12 heteroatoms. The number of thiazole rings is 1. The highest BCUT2D eigenvalue weighted by atomic mass is 32.1. The molecule has 4 aliphatic rings. The van der Waals surface area contributed by atoms with Gasteiger partial charge < -0.3 is 29.5 Å². The summed E-state index contributed by atoms with van der Waals surface area (Å²) >= 11 is 1.60. The molecule has 11 nitrogen and oxygen atoms in total. The normalized spacial score (nSPS) is 26.9. The molecule has 282 valence electrons. The summed E-state index contributed by atoms with van der Waals surface area (Å²) in [5.41, 5.74) is 5.19. The Kier molecular flexibility index (Phi) is 11.1. The van der Waals surface area contributed by atoms with Gasteiger partial charge in [-0.3, -0.25) is 14.5 Å². The number of rotatable bonds is 12. The number of benzene rings is 1. The van der Waals surface area contributed by atoms with E-state index in [-0.39, 0.29) is 36.7 Å². The number of carbonyl (C=O) groups is 2. The highest BCUT2D eigenvalue weighted by Crippen LogP contribution is 2.41. The predicted octanol–water partition coefficient (Wildman–Crippen LogP) is 5.79. The van der Waals surface area contributed by atoms with Crippen LogP contribution in [0.3, 0.4) is 0 Å². The average molecular weight is 733 g/mol. The number of aliphatic hydroxyl groups is 1. The van der Waals surface area contributed by atoms with E-state index in [1.807, 2.05) is 57.5 Å². The molecule has 2 N–H and O–H groups in total. The number of aromatic nitrogens is 2. The van der Waals surface area contributed by atoms with Gasteiger partial charge in [0.1, 0.15) is 12.0 Å². The number of β-amino-alcohol motifs (C(OH)–C–C–N with tert-alkyl or cyclic N) is 1. The van der Waals surface area contributed by atoms with Crippen molar-refractivity contribution < 1.29 is 24.0 Å². The van der Waals surface area contributed by atoms with Crippen molar-refractivity contribution in [3.8, 4) is 16.3 Å². The minimum atomic E-state index is -0.789. The third-order valence-electron chi connectivity index (χ3n) is 12.2. The maximum atomic E-state index is 14.1. The second kappa shape index (κ2) is 15.6. The van der Waals surface area contributed by atoms with Crippen molar-refractivity contribution in [2.75, 3.05) is 39.3 Å². The molecule has 0 bridgehead atoms. The van der Waals surface area contributed by atoms with E-state index in [0.717, 1.165) is 60.2 Å². The first-order chi connectivity index (χ1) is 25.0. The number of aliphatic hydroxyl groups excluding tert-OH is 1. The van der Waals surface area contributed by atoms with Crippen LogP contribution in [0.25, 0.3) is 10.4 Å². The van der Waals surface area contributed by atoms with E-state index in [2.05, 4.69) is 32.2 Å². The number of aryl methyl sites for hydroxylation is 1. The number of hydrogen-bond donors (Lipinski definition) is 2. The van der Waals surface area contributed by atoms with Gasteiger partial charge in [0, 0.05) is 37.2 Å². The maximum absolute atomic E-state index is 14.1. The van der Waals surface area contributed by atoms with Crippen LogP contribution in [0.15, 0.2) is 40.4 Å². The van der Waals surface area contributed by atoms with Crippen LogP contribution < -0.4 is 10.1 Å². The van der Waals surface area contributed by atoms with E-state index >= 15 is 0 Å². The largest absolute Gasteiger partial charge is 0.475 e. The van der Waals surface area contributed by atoms with Gasteiger partial charge in [-0.15, -0.1) is 11.3 Å². The van der Waals surface area contributed by atoms with E-state index < -0.39 is 18.1 Å². The number of fused-ring (bicyclic) bond motifs is 1. The van der Waals surface area contributed by atoms with E-state index in [4.69, 9.17) is 9.26 Å². The van der Waals surface area contributed by atoms with E-state index in [0.29, 0.717) is 29.7 Å². The molecule has 0 spiro atoms. The summed E-state index contributed by atoms with van der Waals surface area (Å²) in [6.45, 7) is 15.6. The Labute approximate surface area is 312 Å². The predicted molar refractivity (Wildman–Crippen MR) is 201 cm³/mol. The Morgan fingerprint density at radius 2 is 1.88 bits per heavy atom. The summed E-state index contributed by atoms with van der Waals surface area (Å²) in [5.74, 6) is -0.0849. The fourth-order valence-corrected chi connectivity index (χ4v) is 10.0.